The molecule has 0 spiro atoms. The number of rotatable bonds is 10. The molecule has 0 saturated heterocycles. The Morgan fingerprint density at radius 3 is 2.41 bits per heavy atom. The molecular weight excluding hydrogens is 366 g/mol. The van der Waals surface area contributed by atoms with Crippen LogP contribution in [0.1, 0.15) is 44.5 Å². The fourth-order valence-electron chi connectivity index (χ4n) is 2.58. The first-order valence-corrected chi connectivity index (χ1v) is 10.0. The third-order valence-electron chi connectivity index (χ3n) is 4.08. The molecule has 0 aliphatic heterocycles. The number of hydrogen-bond acceptors (Lipinski definition) is 4. The van der Waals surface area contributed by atoms with Gasteiger partial charge < -0.3 is 20.7 Å². The molecule has 0 saturated carbocycles. The summed E-state index contributed by atoms with van der Waals surface area (Å²) in [4.78, 5) is 24.4. The molecule has 0 radical (unpaired) electrons. The van der Waals surface area contributed by atoms with Crippen LogP contribution in [0, 0.1) is 5.92 Å². The lowest BCUT2D eigenvalue weighted by molar-refractivity contribution is -0.114. The average Bonchev–Trinajstić information content (AvgIpc) is 2.66. The van der Waals surface area contributed by atoms with Crippen LogP contribution in [0.2, 0.25) is 0 Å². The van der Waals surface area contributed by atoms with Crippen LogP contribution in [0.3, 0.4) is 0 Å². The van der Waals surface area contributed by atoms with E-state index in [1.54, 1.807) is 18.2 Å². The van der Waals surface area contributed by atoms with Crippen LogP contribution in [0.4, 0.5) is 11.4 Å². The highest BCUT2D eigenvalue weighted by Gasteiger charge is 2.08. The Morgan fingerprint density at radius 2 is 1.69 bits per heavy atom. The van der Waals surface area contributed by atoms with Gasteiger partial charge in [-0.2, -0.15) is 0 Å². The Morgan fingerprint density at radius 1 is 0.966 bits per heavy atom. The fourth-order valence-corrected chi connectivity index (χ4v) is 2.58. The van der Waals surface area contributed by atoms with Crippen LogP contribution < -0.4 is 20.7 Å². The van der Waals surface area contributed by atoms with Crippen molar-refractivity contribution in [2.45, 2.75) is 40.2 Å². The van der Waals surface area contributed by atoms with Crippen LogP contribution in [0.5, 0.6) is 5.75 Å². The molecule has 0 fully saturated rings. The van der Waals surface area contributed by atoms with E-state index in [-0.39, 0.29) is 24.4 Å². The number of ether oxygens (including phenoxy) is 1. The Bertz CT molecular complexity index is 819. The fraction of sp³-hybridized carbons (Fsp3) is 0.391. The second-order valence-corrected chi connectivity index (χ2v) is 7.67. The maximum absolute atomic E-state index is 12.3. The van der Waals surface area contributed by atoms with Gasteiger partial charge in [0.05, 0.1) is 13.2 Å². The number of carbonyl (C=O) groups excluding carboxylic acids is 2. The van der Waals surface area contributed by atoms with Gasteiger partial charge in [0.25, 0.3) is 5.91 Å². The molecule has 0 unspecified atom stereocenters. The molecule has 0 atom stereocenters. The summed E-state index contributed by atoms with van der Waals surface area (Å²) in [6.45, 7) is 8.87. The number of amides is 2. The SMILES string of the molecule is CC(C)CCOc1cccc(NC(=O)CNc2cccc(C(=O)NC(C)C)c2)c1. The smallest absolute Gasteiger partial charge is 0.251 e. The van der Waals surface area contributed by atoms with E-state index >= 15 is 0 Å². The van der Waals surface area contributed by atoms with Gasteiger partial charge in [-0.25, -0.2) is 0 Å². The molecule has 2 aromatic carbocycles. The predicted molar refractivity (Wildman–Crippen MR) is 118 cm³/mol. The van der Waals surface area contributed by atoms with E-state index < -0.39 is 0 Å². The van der Waals surface area contributed by atoms with E-state index in [2.05, 4.69) is 29.8 Å². The minimum Gasteiger partial charge on any atom is -0.494 e. The molecule has 3 N–H and O–H groups in total. The molecule has 156 valence electrons. The molecule has 0 bridgehead atoms. The van der Waals surface area contributed by atoms with Crippen molar-refractivity contribution in [3.8, 4) is 5.75 Å². The van der Waals surface area contributed by atoms with Gasteiger partial charge in [0.1, 0.15) is 5.75 Å². The van der Waals surface area contributed by atoms with Crippen molar-refractivity contribution < 1.29 is 14.3 Å². The van der Waals surface area contributed by atoms with Crippen LogP contribution in [-0.2, 0) is 4.79 Å². The third-order valence-corrected chi connectivity index (χ3v) is 4.08. The monoisotopic (exact) mass is 397 g/mol. The van der Waals surface area contributed by atoms with Crippen molar-refractivity contribution in [3.05, 3.63) is 54.1 Å². The molecule has 29 heavy (non-hydrogen) atoms. The lowest BCUT2D eigenvalue weighted by Gasteiger charge is -2.12. The van der Waals surface area contributed by atoms with Crippen molar-refractivity contribution >= 4 is 23.2 Å². The molecule has 0 aliphatic carbocycles. The van der Waals surface area contributed by atoms with Crippen molar-refractivity contribution in [2.24, 2.45) is 5.92 Å². The molecule has 2 aromatic rings. The summed E-state index contributed by atoms with van der Waals surface area (Å²) in [5, 5.41) is 8.76. The Balaban J connectivity index is 1.86. The molecule has 6 heteroatoms. The third kappa shape index (κ3) is 8.25. The van der Waals surface area contributed by atoms with Gasteiger partial charge in [-0.15, -0.1) is 0 Å². The molecule has 2 rings (SSSR count). The van der Waals surface area contributed by atoms with Crippen LogP contribution >= 0.6 is 0 Å². The lowest BCUT2D eigenvalue weighted by atomic mass is 10.1. The quantitative estimate of drug-likeness (QED) is 0.558. The first-order valence-electron chi connectivity index (χ1n) is 10.0. The molecular formula is C23H31N3O3. The highest BCUT2D eigenvalue weighted by atomic mass is 16.5. The van der Waals surface area contributed by atoms with Crippen molar-refractivity contribution in [3.63, 3.8) is 0 Å². The summed E-state index contributed by atoms with van der Waals surface area (Å²) >= 11 is 0. The van der Waals surface area contributed by atoms with Crippen LogP contribution in [-0.4, -0.2) is 31.0 Å². The van der Waals surface area contributed by atoms with Gasteiger partial charge in [0.15, 0.2) is 0 Å². The second kappa shape index (κ2) is 11.1. The van der Waals surface area contributed by atoms with Crippen LogP contribution in [0.15, 0.2) is 48.5 Å². The van der Waals surface area contributed by atoms with E-state index in [0.717, 1.165) is 12.2 Å². The number of hydrogen-bond donors (Lipinski definition) is 3. The van der Waals surface area contributed by atoms with E-state index in [4.69, 9.17) is 4.74 Å². The van der Waals surface area contributed by atoms with E-state index in [0.29, 0.717) is 29.5 Å². The molecule has 0 aromatic heterocycles. The van der Waals surface area contributed by atoms with Crippen LogP contribution in [0.25, 0.3) is 0 Å². The normalized spacial score (nSPS) is 10.7. The Kier molecular flexibility index (Phi) is 8.52. The maximum Gasteiger partial charge on any atom is 0.251 e. The summed E-state index contributed by atoms with van der Waals surface area (Å²) in [6.07, 6.45) is 0.981. The second-order valence-electron chi connectivity index (χ2n) is 7.67. The zero-order valence-electron chi connectivity index (χ0n) is 17.6. The van der Waals surface area contributed by atoms with Gasteiger partial charge in [-0.05, 0) is 56.5 Å². The Labute approximate surface area is 173 Å². The van der Waals surface area contributed by atoms with Gasteiger partial charge >= 0.3 is 0 Å². The summed E-state index contributed by atoms with van der Waals surface area (Å²) in [6, 6.07) is 14.5. The lowest BCUT2D eigenvalue weighted by Crippen LogP contribution is -2.30. The van der Waals surface area contributed by atoms with Crippen molar-refractivity contribution in [1.82, 2.24) is 5.32 Å². The minimum absolute atomic E-state index is 0.0648. The molecule has 0 heterocycles. The number of carbonyl (C=O) groups is 2. The van der Waals surface area contributed by atoms with Crippen molar-refractivity contribution in [1.29, 1.82) is 0 Å². The van der Waals surface area contributed by atoms with E-state index in [9.17, 15) is 9.59 Å². The summed E-state index contributed by atoms with van der Waals surface area (Å²) in [7, 11) is 0. The van der Waals surface area contributed by atoms with Gasteiger partial charge in [-0.3, -0.25) is 9.59 Å². The zero-order chi connectivity index (χ0) is 21.2. The minimum atomic E-state index is -0.179. The Hall–Kier alpha value is -3.02. The van der Waals surface area contributed by atoms with Gasteiger partial charge in [0, 0.05) is 29.0 Å². The van der Waals surface area contributed by atoms with E-state index in [1.165, 1.54) is 0 Å². The van der Waals surface area contributed by atoms with Gasteiger partial charge in [0.2, 0.25) is 5.91 Å². The number of anilines is 2. The van der Waals surface area contributed by atoms with E-state index in [1.807, 2.05) is 44.2 Å². The molecule has 6 nitrogen and oxygen atoms in total. The topological polar surface area (TPSA) is 79.5 Å². The first kappa shape index (κ1) is 22.3. The van der Waals surface area contributed by atoms with Crippen molar-refractivity contribution in [2.75, 3.05) is 23.8 Å². The first-order chi connectivity index (χ1) is 13.8. The zero-order valence-corrected chi connectivity index (χ0v) is 17.6. The molecule has 2 amide bonds. The van der Waals surface area contributed by atoms with Gasteiger partial charge in [-0.1, -0.05) is 26.0 Å². The molecule has 0 aliphatic rings. The average molecular weight is 398 g/mol. The predicted octanol–water partition coefficient (Wildman–Crippen LogP) is 4.30. The highest BCUT2D eigenvalue weighted by Crippen LogP contribution is 2.18. The summed E-state index contributed by atoms with van der Waals surface area (Å²) < 4.78 is 5.73. The maximum atomic E-state index is 12.3. The summed E-state index contributed by atoms with van der Waals surface area (Å²) in [5.41, 5.74) is 1.95. The number of nitrogens with one attached hydrogen (secondary N) is 3. The standard InChI is InChI=1S/C23H31N3O3/c1-16(2)11-12-29-21-10-6-9-20(14-21)26-22(27)15-24-19-8-5-7-18(13-19)23(28)25-17(3)4/h5-10,13-14,16-17,24H,11-12,15H2,1-4H3,(H,25,28)(H,26,27). The summed E-state index contributed by atoms with van der Waals surface area (Å²) in [5.74, 6) is 1.00. The largest absolute Gasteiger partial charge is 0.494 e. The highest BCUT2D eigenvalue weighted by molar-refractivity contribution is 5.96. The number of benzene rings is 2.